The molecule has 1 heterocycles. The molecule has 0 fully saturated rings. The summed E-state index contributed by atoms with van der Waals surface area (Å²) < 4.78 is 10.2. The lowest BCUT2D eigenvalue weighted by molar-refractivity contribution is -0.144. The molecule has 0 N–H and O–H groups in total. The molecule has 1 amide bonds. The zero-order chi connectivity index (χ0) is 19.6. The van der Waals surface area contributed by atoms with Crippen LogP contribution < -0.4 is 0 Å². The number of benzene rings is 1. The molecule has 144 valence electrons. The van der Waals surface area contributed by atoms with Gasteiger partial charge in [-0.3, -0.25) is 14.4 Å². The van der Waals surface area contributed by atoms with Gasteiger partial charge in [0.1, 0.15) is 5.76 Å². The highest BCUT2D eigenvalue weighted by molar-refractivity contribution is 5.98. The van der Waals surface area contributed by atoms with Gasteiger partial charge in [-0.25, -0.2) is 0 Å². The quantitative estimate of drug-likeness (QED) is 0.472. The van der Waals surface area contributed by atoms with E-state index in [1.54, 1.807) is 31.2 Å². The summed E-state index contributed by atoms with van der Waals surface area (Å²) in [5.41, 5.74) is 1.67. The molecule has 0 aliphatic carbocycles. The van der Waals surface area contributed by atoms with Crippen molar-refractivity contribution in [3.8, 4) is 0 Å². The monoisotopic (exact) mass is 371 g/mol. The van der Waals surface area contributed by atoms with E-state index < -0.39 is 0 Å². The molecule has 0 aliphatic heterocycles. The minimum atomic E-state index is -0.356. The molecule has 2 rings (SSSR count). The second-order valence-electron chi connectivity index (χ2n) is 6.24. The van der Waals surface area contributed by atoms with Gasteiger partial charge in [-0.15, -0.1) is 0 Å². The Balaban J connectivity index is 1.94. The Labute approximate surface area is 159 Å². The van der Waals surface area contributed by atoms with Crippen molar-refractivity contribution in [1.82, 2.24) is 4.90 Å². The van der Waals surface area contributed by atoms with Crippen molar-refractivity contribution >= 4 is 17.7 Å². The van der Waals surface area contributed by atoms with Crippen molar-refractivity contribution in [2.45, 2.75) is 39.7 Å². The highest BCUT2D eigenvalue weighted by atomic mass is 16.5. The number of amides is 1. The van der Waals surface area contributed by atoms with E-state index in [4.69, 9.17) is 9.15 Å². The van der Waals surface area contributed by atoms with Crippen molar-refractivity contribution < 1.29 is 23.5 Å². The van der Waals surface area contributed by atoms with Crippen molar-refractivity contribution in [2.24, 2.45) is 0 Å². The summed E-state index contributed by atoms with van der Waals surface area (Å²) in [6.07, 6.45) is 1.84. The Morgan fingerprint density at radius 3 is 2.41 bits per heavy atom. The number of hydrogen-bond acceptors (Lipinski definition) is 5. The number of ketones is 1. The molecule has 0 unspecified atom stereocenters. The van der Waals surface area contributed by atoms with Gasteiger partial charge in [-0.05, 0) is 26.0 Å². The van der Waals surface area contributed by atoms with E-state index in [0.717, 1.165) is 5.56 Å². The molecule has 2 aromatic rings. The topological polar surface area (TPSA) is 76.8 Å². The van der Waals surface area contributed by atoms with Crippen LogP contribution in [0.2, 0.25) is 0 Å². The van der Waals surface area contributed by atoms with Gasteiger partial charge in [-0.1, -0.05) is 29.8 Å². The first-order valence-electron chi connectivity index (χ1n) is 9.05. The maximum absolute atomic E-state index is 12.6. The second-order valence-corrected chi connectivity index (χ2v) is 6.24. The molecule has 0 spiro atoms. The Morgan fingerprint density at radius 2 is 1.78 bits per heavy atom. The number of esters is 1. The van der Waals surface area contributed by atoms with Gasteiger partial charge < -0.3 is 14.1 Å². The molecule has 0 aliphatic rings. The Kier molecular flexibility index (Phi) is 7.79. The predicted octanol–water partition coefficient (Wildman–Crippen LogP) is 3.53. The summed E-state index contributed by atoms with van der Waals surface area (Å²) in [4.78, 5) is 38.0. The second kappa shape index (κ2) is 10.3. The summed E-state index contributed by atoms with van der Waals surface area (Å²) in [5, 5.41) is 0. The van der Waals surface area contributed by atoms with Crippen LogP contribution >= 0.6 is 0 Å². The summed E-state index contributed by atoms with van der Waals surface area (Å²) in [5.74, 6) is -0.00889. The molecule has 1 aromatic heterocycles. The number of furan rings is 1. The lowest BCUT2D eigenvalue weighted by atomic mass is 10.0. The maximum Gasteiger partial charge on any atom is 0.307 e. The number of nitrogens with zero attached hydrogens (tertiary/aromatic N) is 1. The first-order valence-corrected chi connectivity index (χ1v) is 9.05. The fraction of sp³-hybridized carbons (Fsp3) is 0.381. The fourth-order valence-electron chi connectivity index (χ4n) is 2.60. The van der Waals surface area contributed by atoms with Crippen molar-refractivity contribution in [3.63, 3.8) is 0 Å². The normalized spacial score (nSPS) is 10.4. The number of carbonyl (C=O) groups is 3. The van der Waals surface area contributed by atoms with Gasteiger partial charge in [0.2, 0.25) is 5.91 Å². The van der Waals surface area contributed by atoms with E-state index in [1.165, 1.54) is 11.2 Å². The van der Waals surface area contributed by atoms with Crippen molar-refractivity contribution in [2.75, 3.05) is 13.2 Å². The van der Waals surface area contributed by atoms with E-state index in [2.05, 4.69) is 0 Å². The van der Waals surface area contributed by atoms with E-state index in [1.807, 2.05) is 19.1 Å². The van der Waals surface area contributed by atoms with Crippen LogP contribution in [-0.4, -0.2) is 35.7 Å². The summed E-state index contributed by atoms with van der Waals surface area (Å²) >= 11 is 0. The average molecular weight is 371 g/mol. The van der Waals surface area contributed by atoms with E-state index in [-0.39, 0.29) is 50.0 Å². The van der Waals surface area contributed by atoms with Crippen molar-refractivity contribution in [3.05, 3.63) is 59.5 Å². The average Bonchev–Trinajstić information content (AvgIpc) is 3.17. The van der Waals surface area contributed by atoms with Crippen molar-refractivity contribution in [1.29, 1.82) is 0 Å². The molecule has 0 radical (unpaired) electrons. The largest absolute Gasteiger partial charge is 0.467 e. The summed E-state index contributed by atoms with van der Waals surface area (Å²) in [6.45, 7) is 4.46. The molecule has 0 bridgehead atoms. The zero-order valence-electron chi connectivity index (χ0n) is 15.8. The number of aryl methyl sites for hydroxylation is 1. The van der Waals surface area contributed by atoms with Gasteiger partial charge >= 0.3 is 5.97 Å². The Morgan fingerprint density at radius 1 is 1.04 bits per heavy atom. The van der Waals surface area contributed by atoms with Gasteiger partial charge in [0, 0.05) is 24.9 Å². The smallest absolute Gasteiger partial charge is 0.307 e. The minimum absolute atomic E-state index is 0.0771. The Bertz CT molecular complexity index is 749. The first kappa shape index (κ1) is 20.4. The van der Waals surface area contributed by atoms with Crippen LogP contribution in [0.5, 0.6) is 0 Å². The van der Waals surface area contributed by atoms with Crippen LogP contribution in [0.3, 0.4) is 0 Å². The first-order chi connectivity index (χ1) is 13.0. The number of rotatable bonds is 10. The number of carbonyl (C=O) groups excluding carboxylic acids is 3. The molecular weight excluding hydrogens is 346 g/mol. The third-order valence-corrected chi connectivity index (χ3v) is 4.11. The van der Waals surface area contributed by atoms with Gasteiger partial charge in [-0.2, -0.15) is 0 Å². The lowest BCUT2D eigenvalue weighted by Gasteiger charge is -2.21. The highest BCUT2D eigenvalue weighted by Crippen LogP contribution is 2.12. The van der Waals surface area contributed by atoms with Gasteiger partial charge in [0.05, 0.1) is 25.8 Å². The highest BCUT2D eigenvalue weighted by Gasteiger charge is 2.18. The molecule has 6 heteroatoms. The van der Waals surface area contributed by atoms with E-state index >= 15 is 0 Å². The molecule has 0 saturated carbocycles. The minimum Gasteiger partial charge on any atom is -0.467 e. The van der Waals surface area contributed by atoms with Gasteiger partial charge in [0.15, 0.2) is 5.78 Å². The summed E-state index contributed by atoms with van der Waals surface area (Å²) in [7, 11) is 0. The molecule has 27 heavy (non-hydrogen) atoms. The van der Waals surface area contributed by atoms with E-state index in [0.29, 0.717) is 17.9 Å². The van der Waals surface area contributed by atoms with Crippen LogP contribution in [0.1, 0.15) is 47.9 Å². The molecule has 6 nitrogen and oxygen atoms in total. The zero-order valence-corrected chi connectivity index (χ0v) is 15.8. The lowest BCUT2D eigenvalue weighted by Crippen LogP contribution is -2.33. The van der Waals surface area contributed by atoms with Crippen LogP contribution in [0.25, 0.3) is 0 Å². The molecule has 0 atom stereocenters. The standard InChI is InChI=1S/C21H25NO5/c1-3-26-21(25)12-13-22(15-18-5-4-14-27-18)20(24)11-10-19(23)17-8-6-16(2)7-9-17/h4-9,14H,3,10-13,15H2,1-2H3. The number of ether oxygens (including phenoxy) is 1. The molecular formula is C21H25NO5. The fourth-order valence-corrected chi connectivity index (χ4v) is 2.60. The van der Waals surface area contributed by atoms with Gasteiger partial charge in [0.25, 0.3) is 0 Å². The maximum atomic E-state index is 12.6. The molecule has 1 aromatic carbocycles. The van der Waals surface area contributed by atoms with Crippen LogP contribution in [-0.2, 0) is 20.9 Å². The third kappa shape index (κ3) is 6.73. The summed E-state index contributed by atoms with van der Waals surface area (Å²) in [6, 6.07) is 10.8. The Hall–Kier alpha value is -2.89. The predicted molar refractivity (Wildman–Crippen MR) is 100 cm³/mol. The SMILES string of the molecule is CCOC(=O)CCN(Cc1ccco1)C(=O)CCC(=O)c1ccc(C)cc1. The van der Waals surface area contributed by atoms with Crippen LogP contribution in [0.15, 0.2) is 47.1 Å². The third-order valence-electron chi connectivity index (χ3n) is 4.11. The van der Waals surface area contributed by atoms with E-state index in [9.17, 15) is 14.4 Å². The number of Topliss-reactive ketones (excluding diaryl/α,β-unsaturated/α-hetero) is 1. The molecule has 0 saturated heterocycles. The number of hydrogen-bond donors (Lipinski definition) is 0. The van der Waals surface area contributed by atoms with Crippen LogP contribution in [0.4, 0.5) is 0 Å². The van der Waals surface area contributed by atoms with Crippen LogP contribution in [0, 0.1) is 6.92 Å².